The van der Waals surface area contributed by atoms with Crippen LogP contribution in [0.15, 0.2) is 18.2 Å². The number of rotatable bonds is 8. The van der Waals surface area contributed by atoms with E-state index >= 15 is 0 Å². The van der Waals surface area contributed by atoms with E-state index in [0.29, 0.717) is 6.04 Å². The van der Waals surface area contributed by atoms with E-state index in [2.05, 4.69) is 5.32 Å². The Labute approximate surface area is 113 Å². The average Bonchev–Trinajstić information content (AvgIpc) is 2.37. The highest BCUT2D eigenvalue weighted by atomic mass is 35.5. The van der Waals surface area contributed by atoms with Crippen molar-refractivity contribution in [2.24, 2.45) is 0 Å². The lowest BCUT2D eigenvalue weighted by Crippen LogP contribution is -2.28. The van der Waals surface area contributed by atoms with Crippen LogP contribution in [0.4, 0.5) is 4.39 Å². The quantitative estimate of drug-likeness (QED) is 0.733. The molecule has 0 aliphatic rings. The van der Waals surface area contributed by atoms with Crippen molar-refractivity contribution < 1.29 is 9.13 Å². The Hall–Kier alpha value is -0.640. The molecule has 1 rings (SSSR count). The van der Waals surface area contributed by atoms with E-state index in [1.54, 1.807) is 6.07 Å². The molecule has 0 heterocycles. The summed E-state index contributed by atoms with van der Waals surface area (Å²) in [5.41, 5.74) is 0.965. The van der Waals surface area contributed by atoms with E-state index in [1.807, 2.05) is 20.0 Å². The SMILES string of the molecule is CCOCCCC(Cc1ccc(Cl)c(F)c1)NC. The molecule has 0 spiro atoms. The van der Waals surface area contributed by atoms with Gasteiger partial charge in [-0.25, -0.2) is 4.39 Å². The third-order valence-corrected chi connectivity index (χ3v) is 3.23. The van der Waals surface area contributed by atoms with Crippen LogP contribution in [0, 0.1) is 5.82 Å². The topological polar surface area (TPSA) is 21.3 Å². The van der Waals surface area contributed by atoms with Gasteiger partial charge in [-0.05, 0) is 50.9 Å². The first kappa shape index (κ1) is 15.4. The fourth-order valence-corrected chi connectivity index (χ4v) is 1.99. The maximum absolute atomic E-state index is 13.3. The smallest absolute Gasteiger partial charge is 0.142 e. The minimum Gasteiger partial charge on any atom is -0.382 e. The number of ether oxygens (including phenoxy) is 1. The van der Waals surface area contributed by atoms with Crippen molar-refractivity contribution in [3.05, 3.63) is 34.6 Å². The van der Waals surface area contributed by atoms with Gasteiger partial charge in [0.1, 0.15) is 5.82 Å². The molecule has 0 aliphatic heterocycles. The molecule has 0 bridgehead atoms. The van der Waals surface area contributed by atoms with Gasteiger partial charge in [-0.1, -0.05) is 17.7 Å². The van der Waals surface area contributed by atoms with E-state index in [4.69, 9.17) is 16.3 Å². The second-order valence-corrected chi connectivity index (χ2v) is 4.68. The molecule has 0 saturated carbocycles. The number of hydrogen-bond donors (Lipinski definition) is 1. The van der Waals surface area contributed by atoms with Crippen molar-refractivity contribution in [3.63, 3.8) is 0 Å². The Bertz CT molecular complexity index is 360. The number of hydrogen-bond acceptors (Lipinski definition) is 2. The summed E-state index contributed by atoms with van der Waals surface area (Å²) in [6, 6.07) is 5.33. The van der Waals surface area contributed by atoms with Gasteiger partial charge < -0.3 is 10.1 Å². The van der Waals surface area contributed by atoms with Gasteiger partial charge in [0.2, 0.25) is 0 Å². The van der Waals surface area contributed by atoms with Crippen molar-refractivity contribution in [3.8, 4) is 0 Å². The highest BCUT2D eigenvalue weighted by Crippen LogP contribution is 2.17. The normalized spacial score (nSPS) is 12.7. The predicted octanol–water partition coefficient (Wildman–Crippen LogP) is 3.43. The van der Waals surface area contributed by atoms with Crippen molar-refractivity contribution in [1.82, 2.24) is 5.32 Å². The first-order chi connectivity index (χ1) is 8.67. The standard InChI is InChI=1S/C14H21ClFNO/c1-3-18-8-4-5-12(17-2)9-11-6-7-13(15)14(16)10-11/h6-7,10,12,17H,3-5,8-9H2,1-2H3. The Balaban J connectivity index is 2.44. The number of likely N-dealkylation sites (N-methyl/N-ethyl adjacent to an activating group) is 1. The number of halogens is 2. The lowest BCUT2D eigenvalue weighted by molar-refractivity contribution is 0.141. The summed E-state index contributed by atoms with van der Waals surface area (Å²) in [5, 5.41) is 3.43. The Morgan fingerprint density at radius 3 is 2.83 bits per heavy atom. The minimum absolute atomic E-state index is 0.177. The maximum atomic E-state index is 13.3. The summed E-state index contributed by atoms with van der Waals surface area (Å²) < 4.78 is 18.6. The van der Waals surface area contributed by atoms with Crippen LogP contribution in [0.2, 0.25) is 5.02 Å². The van der Waals surface area contributed by atoms with Gasteiger partial charge in [-0.15, -0.1) is 0 Å². The summed E-state index contributed by atoms with van der Waals surface area (Å²) in [4.78, 5) is 0. The summed E-state index contributed by atoms with van der Waals surface area (Å²) >= 11 is 5.66. The summed E-state index contributed by atoms with van der Waals surface area (Å²) in [5.74, 6) is -0.349. The fourth-order valence-electron chi connectivity index (χ4n) is 1.88. The summed E-state index contributed by atoms with van der Waals surface area (Å²) in [6.07, 6.45) is 2.83. The average molecular weight is 274 g/mol. The molecule has 1 atom stereocenters. The number of benzene rings is 1. The molecule has 0 aliphatic carbocycles. The lowest BCUT2D eigenvalue weighted by atomic mass is 10.0. The second kappa shape index (κ2) is 8.46. The third kappa shape index (κ3) is 5.34. The summed E-state index contributed by atoms with van der Waals surface area (Å²) in [6.45, 7) is 3.53. The van der Waals surface area contributed by atoms with E-state index < -0.39 is 0 Å². The molecule has 18 heavy (non-hydrogen) atoms. The van der Waals surface area contributed by atoms with Gasteiger partial charge in [0.05, 0.1) is 5.02 Å². The first-order valence-corrected chi connectivity index (χ1v) is 6.74. The van der Waals surface area contributed by atoms with Gasteiger partial charge in [-0.2, -0.15) is 0 Å². The van der Waals surface area contributed by atoms with E-state index in [9.17, 15) is 4.39 Å². The van der Waals surface area contributed by atoms with Gasteiger partial charge >= 0.3 is 0 Å². The second-order valence-electron chi connectivity index (χ2n) is 4.28. The molecule has 102 valence electrons. The molecule has 0 aromatic heterocycles. The highest BCUT2D eigenvalue weighted by molar-refractivity contribution is 6.30. The molecular weight excluding hydrogens is 253 g/mol. The van der Waals surface area contributed by atoms with Crippen LogP contribution < -0.4 is 5.32 Å². The van der Waals surface area contributed by atoms with Crippen LogP contribution in [0.3, 0.4) is 0 Å². The Kier molecular flexibility index (Phi) is 7.25. The largest absolute Gasteiger partial charge is 0.382 e. The zero-order chi connectivity index (χ0) is 13.4. The van der Waals surface area contributed by atoms with E-state index in [-0.39, 0.29) is 10.8 Å². The molecule has 0 saturated heterocycles. The highest BCUT2D eigenvalue weighted by Gasteiger charge is 2.09. The van der Waals surface area contributed by atoms with Crippen LogP contribution in [-0.4, -0.2) is 26.3 Å². The fraction of sp³-hybridized carbons (Fsp3) is 0.571. The molecule has 0 amide bonds. The molecule has 0 radical (unpaired) electrons. The number of nitrogens with one attached hydrogen (secondary N) is 1. The zero-order valence-corrected chi connectivity index (χ0v) is 11.8. The first-order valence-electron chi connectivity index (χ1n) is 6.36. The van der Waals surface area contributed by atoms with Crippen LogP contribution >= 0.6 is 11.6 Å². The third-order valence-electron chi connectivity index (χ3n) is 2.92. The summed E-state index contributed by atoms with van der Waals surface area (Å²) in [7, 11) is 1.93. The molecule has 0 fully saturated rings. The zero-order valence-electron chi connectivity index (χ0n) is 11.0. The van der Waals surface area contributed by atoms with Crippen molar-refractivity contribution in [1.29, 1.82) is 0 Å². The maximum Gasteiger partial charge on any atom is 0.142 e. The Morgan fingerprint density at radius 1 is 1.44 bits per heavy atom. The predicted molar refractivity (Wildman–Crippen MR) is 73.7 cm³/mol. The minimum atomic E-state index is -0.349. The van der Waals surface area contributed by atoms with Crippen LogP contribution in [0.25, 0.3) is 0 Å². The van der Waals surface area contributed by atoms with Crippen molar-refractivity contribution >= 4 is 11.6 Å². The van der Waals surface area contributed by atoms with Crippen LogP contribution in [0.5, 0.6) is 0 Å². The molecule has 4 heteroatoms. The molecule has 1 aromatic rings. The molecule has 1 N–H and O–H groups in total. The molecule has 2 nitrogen and oxygen atoms in total. The molecule has 1 aromatic carbocycles. The van der Waals surface area contributed by atoms with Crippen LogP contribution in [0.1, 0.15) is 25.3 Å². The van der Waals surface area contributed by atoms with Gasteiger partial charge in [0.25, 0.3) is 0 Å². The molecule has 1 unspecified atom stereocenters. The Morgan fingerprint density at radius 2 is 2.22 bits per heavy atom. The van der Waals surface area contributed by atoms with E-state index in [1.165, 1.54) is 6.07 Å². The van der Waals surface area contributed by atoms with Gasteiger partial charge in [-0.3, -0.25) is 0 Å². The van der Waals surface area contributed by atoms with E-state index in [0.717, 1.165) is 38.0 Å². The lowest BCUT2D eigenvalue weighted by Gasteiger charge is -2.16. The van der Waals surface area contributed by atoms with Gasteiger partial charge in [0, 0.05) is 19.3 Å². The van der Waals surface area contributed by atoms with Gasteiger partial charge in [0.15, 0.2) is 0 Å². The van der Waals surface area contributed by atoms with Crippen LogP contribution in [-0.2, 0) is 11.2 Å². The van der Waals surface area contributed by atoms with Crippen molar-refractivity contribution in [2.75, 3.05) is 20.3 Å². The monoisotopic (exact) mass is 273 g/mol. The molecular formula is C14H21ClFNO. The van der Waals surface area contributed by atoms with Crippen molar-refractivity contribution in [2.45, 2.75) is 32.2 Å².